The molecule has 4 amide bonds. The molecule has 0 saturated heterocycles. The highest BCUT2D eigenvalue weighted by Crippen LogP contribution is 2.51. The molecule has 1 aliphatic rings. The van der Waals surface area contributed by atoms with Crippen molar-refractivity contribution in [3.8, 4) is 11.5 Å². The van der Waals surface area contributed by atoms with Crippen LogP contribution in [0.25, 0.3) is 10.9 Å². The third-order valence-electron chi connectivity index (χ3n) is 8.53. The molecule has 2 aromatic rings. The molecule has 15 N–H and O–H groups in total. The molecule has 0 saturated carbocycles. The normalized spacial score (nSPS) is 15.7. The summed E-state index contributed by atoms with van der Waals surface area (Å²) in [5.41, 5.74) is 6.51. The Morgan fingerprint density at radius 1 is 0.839 bits per heavy atom. The number of carboxylic acids is 4. The quantitative estimate of drug-likeness (QED) is 0.0347. The van der Waals surface area contributed by atoms with Crippen LogP contribution in [0.3, 0.4) is 0 Å². The molecule has 0 radical (unpaired) electrons. The first-order valence-corrected chi connectivity index (χ1v) is 18.6. The first-order chi connectivity index (χ1) is 26.4. The number of aliphatic carboxylic acids is 4. The van der Waals surface area contributed by atoms with E-state index in [2.05, 4.69) is 49.5 Å². The van der Waals surface area contributed by atoms with Gasteiger partial charge in [0, 0.05) is 41.5 Å². The Morgan fingerprint density at radius 3 is 1.96 bits per heavy atom. The number of rotatable bonds is 22. The maximum absolute atomic E-state index is 13.1. The fraction of sp³-hybridized carbons (Fsp3) is 0.500. The lowest BCUT2D eigenvalue weighted by molar-refractivity contribution is -0.139. The fourth-order valence-electron chi connectivity index (χ4n) is 5.65. The molecule has 22 nitrogen and oxygen atoms in total. The number of phenols is 2. The minimum absolute atomic E-state index is 0.00837. The summed E-state index contributed by atoms with van der Waals surface area (Å²) >= 11 is 4.78. The van der Waals surface area contributed by atoms with Crippen molar-refractivity contribution in [1.29, 1.82) is 0 Å². The molecule has 1 aliphatic heterocycles. The predicted octanol–water partition coefficient (Wildman–Crippen LogP) is -1.98. The molecule has 2 heterocycles. The Morgan fingerprint density at radius 2 is 1.41 bits per heavy atom. The zero-order valence-corrected chi connectivity index (χ0v) is 31.6. The van der Waals surface area contributed by atoms with E-state index in [1.54, 1.807) is 0 Å². The maximum atomic E-state index is 13.1. The van der Waals surface area contributed by atoms with Gasteiger partial charge in [0.15, 0.2) is 11.5 Å². The van der Waals surface area contributed by atoms with Crippen LogP contribution in [-0.2, 0) is 44.8 Å². The number of aromatic nitrogens is 1. The highest BCUT2D eigenvalue weighted by Gasteiger charge is 2.32. The third-order valence-corrected chi connectivity index (χ3v) is 10.1. The number of thioether (sulfide) groups is 1. The summed E-state index contributed by atoms with van der Waals surface area (Å²) in [5.74, 6) is -10.7. The lowest BCUT2D eigenvalue weighted by atomic mass is 9.99. The number of hydrogen-bond donors (Lipinski definition) is 15. The van der Waals surface area contributed by atoms with Crippen LogP contribution < -0.4 is 37.6 Å². The number of aromatic amines is 1. The molecule has 0 aliphatic carbocycles. The highest BCUT2D eigenvalue weighted by atomic mass is 32.2. The average Bonchev–Trinajstić information content (AvgIpc) is 3.53. The molecule has 5 atom stereocenters. The van der Waals surface area contributed by atoms with E-state index in [0.717, 1.165) is 11.8 Å². The number of anilines is 1. The van der Waals surface area contributed by atoms with E-state index < -0.39 is 121 Å². The smallest absolute Gasteiger partial charge is 0.326 e. The average molecular weight is 829 g/mol. The summed E-state index contributed by atoms with van der Waals surface area (Å²) in [5, 5.41) is 75.3. The Balaban J connectivity index is 1.96. The van der Waals surface area contributed by atoms with Gasteiger partial charge in [-0.2, -0.15) is 12.6 Å². The summed E-state index contributed by atoms with van der Waals surface area (Å²) in [6.45, 7) is 0.811. The molecule has 1 unspecified atom stereocenters. The van der Waals surface area contributed by atoms with E-state index in [-0.39, 0.29) is 39.8 Å². The molecule has 0 bridgehead atoms. The number of aromatic hydroxyl groups is 2. The summed E-state index contributed by atoms with van der Waals surface area (Å²) in [4.78, 5) is 99.4. The number of carbonyl (C=O) groups excluding carboxylic acids is 4. The van der Waals surface area contributed by atoms with Crippen molar-refractivity contribution >= 4 is 88.5 Å². The summed E-state index contributed by atoms with van der Waals surface area (Å²) < 4.78 is 0. The van der Waals surface area contributed by atoms with Gasteiger partial charge in [0.1, 0.15) is 42.9 Å². The number of benzene rings is 1. The monoisotopic (exact) mass is 828 g/mol. The SMILES string of the molecule is CC1NCCc2c1[nH]c1c(SC[C@H](NC(=O)CC[C@H](N)C(=O)O)C(=O)NCC(=O)O)c(O)c(N[C@@H](CCC(=O)N[C@@H](CS)C(=O)NCC(=O)O)C(=O)O)c(O)c21. The number of phenolic OH excluding ortho intramolecular Hbond substituents is 2. The number of carboxylic acid groups (broad SMARTS) is 4. The molecule has 308 valence electrons. The lowest BCUT2D eigenvalue weighted by Gasteiger charge is -2.22. The van der Waals surface area contributed by atoms with E-state index in [9.17, 15) is 53.7 Å². The van der Waals surface area contributed by atoms with Crippen LogP contribution >= 0.6 is 24.4 Å². The lowest BCUT2D eigenvalue weighted by Crippen LogP contribution is -2.49. The molecule has 0 fully saturated rings. The molecule has 1 aromatic carbocycles. The van der Waals surface area contributed by atoms with Crippen LogP contribution in [0.4, 0.5) is 5.69 Å². The van der Waals surface area contributed by atoms with Crippen LogP contribution in [-0.4, -0.2) is 138 Å². The van der Waals surface area contributed by atoms with Gasteiger partial charge in [-0.3, -0.25) is 33.6 Å². The van der Waals surface area contributed by atoms with Gasteiger partial charge in [0.05, 0.1) is 10.4 Å². The third kappa shape index (κ3) is 12.0. The first kappa shape index (κ1) is 44.9. The van der Waals surface area contributed by atoms with Crippen LogP contribution in [0.2, 0.25) is 0 Å². The zero-order chi connectivity index (χ0) is 41.9. The Kier molecular flexibility index (Phi) is 16.4. The van der Waals surface area contributed by atoms with Crippen molar-refractivity contribution in [3.05, 3.63) is 11.3 Å². The number of amides is 4. The van der Waals surface area contributed by atoms with Gasteiger partial charge in [0.25, 0.3) is 0 Å². The number of fused-ring (bicyclic) bond motifs is 3. The van der Waals surface area contributed by atoms with Gasteiger partial charge in [-0.1, -0.05) is 0 Å². The number of thiol groups is 1. The fourth-order valence-corrected chi connectivity index (χ4v) is 7.01. The van der Waals surface area contributed by atoms with Crippen LogP contribution in [0, 0.1) is 0 Å². The van der Waals surface area contributed by atoms with E-state index in [4.69, 9.17) is 21.1 Å². The zero-order valence-electron chi connectivity index (χ0n) is 29.8. The second-order valence-corrected chi connectivity index (χ2v) is 14.0. The van der Waals surface area contributed by atoms with Crippen molar-refractivity contribution in [2.24, 2.45) is 5.73 Å². The van der Waals surface area contributed by atoms with Gasteiger partial charge in [-0.15, -0.1) is 11.8 Å². The van der Waals surface area contributed by atoms with E-state index in [0.29, 0.717) is 24.2 Å². The summed E-state index contributed by atoms with van der Waals surface area (Å²) in [6, 6.07) is -5.94. The Bertz CT molecular complexity index is 1860. The van der Waals surface area contributed by atoms with Crippen LogP contribution in [0.1, 0.15) is 49.9 Å². The van der Waals surface area contributed by atoms with E-state index in [1.165, 1.54) is 0 Å². The largest absolute Gasteiger partial charge is 0.505 e. The second kappa shape index (κ2) is 20.5. The summed E-state index contributed by atoms with van der Waals surface area (Å²) in [6.07, 6.45) is -1.22. The van der Waals surface area contributed by atoms with Crippen molar-refractivity contribution in [2.45, 2.75) is 74.1 Å². The molecule has 24 heteroatoms. The topological polar surface area (TPSA) is 372 Å². The predicted molar refractivity (Wildman–Crippen MR) is 201 cm³/mol. The molecule has 56 heavy (non-hydrogen) atoms. The van der Waals surface area contributed by atoms with Crippen LogP contribution in [0.5, 0.6) is 11.5 Å². The first-order valence-electron chi connectivity index (χ1n) is 17.0. The minimum atomic E-state index is -1.62. The molecular formula is C32H44N8O14S2. The van der Waals surface area contributed by atoms with Gasteiger partial charge < -0.3 is 73.3 Å². The van der Waals surface area contributed by atoms with E-state index >= 15 is 0 Å². The second-order valence-electron chi connectivity index (χ2n) is 12.6. The molecule has 1 aromatic heterocycles. The number of nitrogens with two attached hydrogens (primary N) is 1. The Hall–Kier alpha value is -5.46. The van der Waals surface area contributed by atoms with Crippen molar-refractivity contribution in [3.63, 3.8) is 0 Å². The van der Waals surface area contributed by atoms with Gasteiger partial charge >= 0.3 is 23.9 Å². The number of hydrogen-bond acceptors (Lipinski definition) is 15. The number of nitrogens with one attached hydrogen (secondary N) is 7. The molecule has 3 rings (SSSR count). The maximum Gasteiger partial charge on any atom is 0.326 e. The highest BCUT2D eigenvalue weighted by molar-refractivity contribution is 7.99. The number of carbonyl (C=O) groups is 8. The standard InChI is InChI=1S/C32H44N8O14S2/c1-12-23-13(6-7-34-12)22-24(40-23)28(56-11-17(30(50)36-9-21(45)46)38-18(41)4-2-14(33)31(51)52)27(48)25(26(22)47)39-15(32(53)54)3-5-19(42)37-16(10-55)29(49)35-8-20(43)44/h12,14-17,34,39-40,47-48,55H,2-11,33H2,1H3,(H,35,49)(H,36,50)(H,37,42)(H,38,41)(H,43,44)(H,45,46)(H,51,52)(H,53,54)/t12?,14-,15-,16-,17-/m0/s1. The summed E-state index contributed by atoms with van der Waals surface area (Å²) in [7, 11) is 0. The molecular weight excluding hydrogens is 785 g/mol. The van der Waals surface area contributed by atoms with Gasteiger partial charge in [-0.05, 0) is 38.3 Å². The van der Waals surface area contributed by atoms with Crippen LogP contribution in [0.15, 0.2) is 4.90 Å². The van der Waals surface area contributed by atoms with Crippen molar-refractivity contribution < 1.29 is 69.0 Å². The minimum Gasteiger partial charge on any atom is -0.505 e. The molecule has 0 spiro atoms. The van der Waals surface area contributed by atoms with E-state index in [1.807, 2.05) is 6.92 Å². The number of H-pyrrole nitrogens is 1. The van der Waals surface area contributed by atoms with Crippen molar-refractivity contribution in [1.82, 2.24) is 31.6 Å². The van der Waals surface area contributed by atoms with Crippen molar-refractivity contribution in [2.75, 3.05) is 36.5 Å². The van der Waals surface area contributed by atoms with Gasteiger partial charge in [-0.25, -0.2) is 4.79 Å². The van der Waals surface area contributed by atoms with Gasteiger partial charge in [0.2, 0.25) is 23.6 Å². The Labute approximate surface area is 327 Å².